The molecule has 8 heteroatoms. The molecule has 3 heterocycles. The van der Waals surface area contributed by atoms with Gasteiger partial charge < -0.3 is 19.5 Å². The van der Waals surface area contributed by atoms with Crippen molar-refractivity contribution in [3.63, 3.8) is 0 Å². The number of aryl methyl sites for hydroxylation is 1. The standard InChI is InChI=1S/C20H27N5O3/c1-27-17-4-2-15(3-5-17)20-22-18(28-23-20)6-7-19(26)25-11-8-16(14-25)24-12-9-21-10-13-24/h2-5,16,21H,6-14H2,1H3. The van der Waals surface area contributed by atoms with Crippen LogP contribution in [0.25, 0.3) is 11.4 Å². The van der Waals surface area contributed by atoms with Crippen LogP contribution in [0.2, 0.25) is 0 Å². The number of nitrogens with zero attached hydrogens (tertiary/aromatic N) is 4. The molecule has 1 aromatic heterocycles. The molecule has 8 nitrogen and oxygen atoms in total. The van der Waals surface area contributed by atoms with Gasteiger partial charge >= 0.3 is 0 Å². The van der Waals surface area contributed by atoms with Gasteiger partial charge in [-0.25, -0.2) is 0 Å². The molecule has 1 N–H and O–H groups in total. The first-order valence-corrected chi connectivity index (χ1v) is 9.92. The first-order chi connectivity index (χ1) is 13.7. The predicted octanol–water partition coefficient (Wildman–Crippen LogP) is 1.18. The van der Waals surface area contributed by atoms with Crippen LogP contribution < -0.4 is 10.1 Å². The second kappa shape index (κ2) is 8.70. The molecule has 0 radical (unpaired) electrons. The Kier molecular flexibility index (Phi) is 5.87. The van der Waals surface area contributed by atoms with Crippen molar-refractivity contribution in [2.75, 3.05) is 46.4 Å². The van der Waals surface area contributed by atoms with E-state index in [2.05, 4.69) is 20.4 Å². The Hall–Kier alpha value is -2.45. The van der Waals surface area contributed by atoms with Crippen LogP contribution in [0.15, 0.2) is 28.8 Å². The zero-order chi connectivity index (χ0) is 19.3. The molecule has 1 atom stereocenters. The summed E-state index contributed by atoms with van der Waals surface area (Å²) in [6.07, 6.45) is 1.93. The number of aromatic nitrogens is 2. The van der Waals surface area contributed by atoms with E-state index >= 15 is 0 Å². The molecule has 28 heavy (non-hydrogen) atoms. The van der Waals surface area contributed by atoms with Gasteiger partial charge in [0.15, 0.2) is 0 Å². The quantitative estimate of drug-likeness (QED) is 0.799. The lowest BCUT2D eigenvalue weighted by Crippen LogP contribution is -2.49. The lowest BCUT2D eigenvalue weighted by Gasteiger charge is -2.32. The molecule has 2 aromatic rings. The summed E-state index contributed by atoms with van der Waals surface area (Å²) in [6, 6.07) is 7.99. The number of methoxy groups -OCH3 is 1. The topological polar surface area (TPSA) is 83.7 Å². The average molecular weight is 385 g/mol. The highest BCUT2D eigenvalue weighted by molar-refractivity contribution is 5.76. The van der Waals surface area contributed by atoms with Gasteiger partial charge in [-0.1, -0.05) is 5.16 Å². The van der Waals surface area contributed by atoms with Crippen molar-refractivity contribution in [2.24, 2.45) is 0 Å². The van der Waals surface area contributed by atoms with E-state index in [1.54, 1.807) is 7.11 Å². The molecule has 1 aromatic carbocycles. The largest absolute Gasteiger partial charge is 0.497 e. The van der Waals surface area contributed by atoms with Gasteiger partial charge in [0.05, 0.1) is 7.11 Å². The van der Waals surface area contributed by atoms with Crippen molar-refractivity contribution in [1.82, 2.24) is 25.3 Å². The summed E-state index contributed by atoms with van der Waals surface area (Å²) >= 11 is 0. The van der Waals surface area contributed by atoms with Crippen LogP contribution in [0, 0.1) is 0 Å². The molecule has 150 valence electrons. The lowest BCUT2D eigenvalue weighted by atomic mass is 10.2. The number of ether oxygens (including phenoxy) is 1. The average Bonchev–Trinajstić information content (AvgIpc) is 3.43. The highest BCUT2D eigenvalue weighted by Gasteiger charge is 2.30. The van der Waals surface area contributed by atoms with Gasteiger partial charge in [-0.3, -0.25) is 9.69 Å². The summed E-state index contributed by atoms with van der Waals surface area (Å²) in [6.45, 7) is 5.90. The van der Waals surface area contributed by atoms with Crippen molar-refractivity contribution in [3.05, 3.63) is 30.2 Å². The van der Waals surface area contributed by atoms with Crippen LogP contribution >= 0.6 is 0 Å². The molecule has 0 aliphatic carbocycles. The highest BCUT2D eigenvalue weighted by atomic mass is 16.5. The number of benzene rings is 1. The summed E-state index contributed by atoms with van der Waals surface area (Å²) in [5.41, 5.74) is 0.862. The van der Waals surface area contributed by atoms with E-state index in [1.165, 1.54) is 0 Å². The minimum absolute atomic E-state index is 0.168. The van der Waals surface area contributed by atoms with Crippen molar-refractivity contribution >= 4 is 5.91 Å². The number of nitrogens with one attached hydrogen (secondary N) is 1. The van der Waals surface area contributed by atoms with E-state index in [4.69, 9.17) is 9.26 Å². The molecule has 1 unspecified atom stereocenters. The second-order valence-electron chi connectivity index (χ2n) is 7.31. The molecule has 0 spiro atoms. The lowest BCUT2D eigenvalue weighted by molar-refractivity contribution is -0.130. The zero-order valence-electron chi connectivity index (χ0n) is 16.3. The van der Waals surface area contributed by atoms with Crippen LogP contribution in [-0.4, -0.2) is 78.3 Å². The van der Waals surface area contributed by atoms with Gasteiger partial charge in [0, 0.05) is 63.7 Å². The number of hydrogen-bond acceptors (Lipinski definition) is 7. The van der Waals surface area contributed by atoms with E-state index in [0.29, 0.717) is 30.6 Å². The third kappa shape index (κ3) is 4.34. The number of likely N-dealkylation sites (tertiary alicyclic amines) is 1. The molecule has 0 saturated carbocycles. The SMILES string of the molecule is COc1ccc(-c2noc(CCC(=O)N3CCC(N4CCNCC4)C3)n2)cc1. The number of piperazine rings is 1. The maximum atomic E-state index is 12.6. The fourth-order valence-corrected chi connectivity index (χ4v) is 3.90. The molecule has 0 bridgehead atoms. The Bertz CT molecular complexity index is 785. The molecule has 2 fully saturated rings. The number of carbonyl (C=O) groups excluding carboxylic acids is 1. The Balaban J connectivity index is 1.27. The Labute approximate surface area is 164 Å². The summed E-state index contributed by atoms with van der Waals surface area (Å²) < 4.78 is 10.5. The molecule has 4 rings (SSSR count). The molecule has 2 saturated heterocycles. The van der Waals surface area contributed by atoms with Crippen molar-refractivity contribution in [3.8, 4) is 17.1 Å². The van der Waals surface area contributed by atoms with Gasteiger partial charge in [-0.2, -0.15) is 4.98 Å². The Morgan fingerprint density at radius 1 is 1.25 bits per heavy atom. The third-order valence-corrected chi connectivity index (χ3v) is 5.55. The predicted molar refractivity (Wildman–Crippen MR) is 104 cm³/mol. The summed E-state index contributed by atoms with van der Waals surface area (Å²) in [7, 11) is 1.63. The normalized spacial score (nSPS) is 20.5. The van der Waals surface area contributed by atoms with E-state index < -0.39 is 0 Å². The van der Waals surface area contributed by atoms with Gasteiger partial charge in [0.2, 0.25) is 17.6 Å². The molecule has 1 amide bonds. The number of carbonyl (C=O) groups is 1. The number of amides is 1. The third-order valence-electron chi connectivity index (χ3n) is 5.55. The Morgan fingerprint density at radius 2 is 2.04 bits per heavy atom. The number of rotatable bonds is 6. The van der Waals surface area contributed by atoms with Gasteiger partial charge in [-0.05, 0) is 30.7 Å². The van der Waals surface area contributed by atoms with Crippen LogP contribution in [0.1, 0.15) is 18.7 Å². The van der Waals surface area contributed by atoms with Crippen molar-refractivity contribution in [2.45, 2.75) is 25.3 Å². The van der Waals surface area contributed by atoms with E-state index in [1.807, 2.05) is 29.2 Å². The maximum Gasteiger partial charge on any atom is 0.227 e. The second-order valence-corrected chi connectivity index (χ2v) is 7.31. The summed E-state index contributed by atoms with van der Waals surface area (Å²) in [5.74, 6) is 1.98. The minimum atomic E-state index is 0.168. The smallest absolute Gasteiger partial charge is 0.227 e. The molecule has 2 aliphatic rings. The molecule has 2 aliphatic heterocycles. The number of hydrogen-bond donors (Lipinski definition) is 1. The molecular weight excluding hydrogens is 358 g/mol. The van der Waals surface area contributed by atoms with Crippen LogP contribution in [0.5, 0.6) is 5.75 Å². The summed E-state index contributed by atoms with van der Waals surface area (Å²) in [5, 5.41) is 7.40. The van der Waals surface area contributed by atoms with Crippen LogP contribution in [0.3, 0.4) is 0 Å². The van der Waals surface area contributed by atoms with Gasteiger partial charge in [0.25, 0.3) is 0 Å². The fourth-order valence-electron chi connectivity index (χ4n) is 3.90. The van der Waals surface area contributed by atoms with E-state index in [-0.39, 0.29) is 5.91 Å². The van der Waals surface area contributed by atoms with E-state index in [0.717, 1.165) is 57.0 Å². The minimum Gasteiger partial charge on any atom is -0.497 e. The molecular formula is C20H27N5O3. The van der Waals surface area contributed by atoms with E-state index in [9.17, 15) is 4.79 Å². The van der Waals surface area contributed by atoms with Crippen molar-refractivity contribution < 1.29 is 14.1 Å². The van der Waals surface area contributed by atoms with Gasteiger partial charge in [-0.15, -0.1) is 0 Å². The summed E-state index contributed by atoms with van der Waals surface area (Å²) in [4.78, 5) is 21.5. The first-order valence-electron chi connectivity index (χ1n) is 9.92. The first kappa shape index (κ1) is 18.9. The zero-order valence-corrected chi connectivity index (χ0v) is 16.3. The van der Waals surface area contributed by atoms with Crippen LogP contribution in [-0.2, 0) is 11.2 Å². The van der Waals surface area contributed by atoms with Crippen molar-refractivity contribution in [1.29, 1.82) is 0 Å². The maximum absolute atomic E-state index is 12.6. The monoisotopic (exact) mass is 385 g/mol. The Morgan fingerprint density at radius 3 is 2.79 bits per heavy atom. The van der Waals surface area contributed by atoms with Gasteiger partial charge in [0.1, 0.15) is 5.75 Å². The fraction of sp³-hybridized carbons (Fsp3) is 0.550. The highest BCUT2D eigenvalue weighted by Crippen LogP contribution is 2.21. The van der Waals surface area contributed by atoms with Crippen LogP contribution in [0.4, 0.5) is 0 Å².